The monoisotopic (exact) mass is 318 g/mol. The van der Waals surface area contributed by atoms with Crippen LogP contribution in [0, 0.1) is 5.82 Å². The number of carbonyl (C=O) groups is 2. The summed E-state index contributed by atoms with van der Waals surface area (Å²) >= 11 is 1.25. The van der Waals surface area contributed by atoms with Crippen LogP contribution in [0.25, 0.3) is 0 Å². The highest BCUT2D eigenvalue weighted by Crippen LogP contribution is 2.23. The van der Waals surface area contributed by atoms with E-state index in [1.807, 2.05) is 6.07 Å². The molecule has 0 bridgehead atoms. The van der Waals surface area contributed by atoms with E-state index in [2.05, 4.69) is 10.6 Å². The van der Waals surface area contributed by atoms with Crippen LogP contribution in [0.3, 0.4) is 0 Å². The molecule has 1 atom stereocenters. The van der Waals surface area contributed by atoms with Gasteiger partial charge in [-0.05, 0) is 43.3 Å². The molecule has 1 unspecified atom stereocenters. The Labute approximate surface area is 132 Å². The molecule has 2 aromatic carbocycles. The summed E-state index contributed by atoms with van der Waals surface area (Å²) in [6.07, 6.45) is 0. The summed E-state index contributed by atoms with van der Waals surface area (Å²) in [5, 5.41) is 4.37. The third-order valence-electron chi connectivity index (χ3n) is 2.76. The molecule has 6 heteroatoms. The number of rotatable bonds is 4. The molecule has 0 aliphatic rings. The molecule has 0 saturated heterocycles. The first kappa shape index (κ1) is 16.0. The fourth-order valence-corrected chi connectivity index (χ4v) is 2.54. The molecular weight excluding hydrogens is 303 g/mol. The van der Waals surface area contributed by atoms with Gasteiger partial charge in [0.15, 0.2) is 0 Å². The summed E-state index contributed by atoms with van der Waals surface area (Å²) < 4.78 is 12.8. The maximum Gasteiger partial charge on any atom is 0.325 e. The van der Waals surface area contributed by atoms with E-state index in [0.717, 1.165) is 4.90 Å². The van der Waals surface area contributed by atoms with E-state index >= 15 is 0 Å². The molecule has 0 saturated carbocycles. The molecule has 0 heterocycles. The lowest BCUT2D eigenvalue weighted by molar-refractivity contribution is -0.119. The average molecular weight is 318 g/mol. The Morgan fingerprint density at radius 1 is 1.05 bits per heavy atom. The van der Waals surface area contributed by atoms with Gasteiger partial charge in [0.2, 0.25) is 5.91 Å². The van der Waals surface area contributed by atoms with Crippen LogP contribution in [-0.2, 0) is 4.79 Å². The number of para-hydroxylation sites is 1. The van der Waals surface area contributed by atoms with Crippen molar-refractivity contribution in [2.45, 2.75) is 17.1 Å². The van der Waals surface area contributed by atoms with Crippen molar-refractivity contribution in [3.05, 3.63) is 60.4 Å². The second-order valence-electron chi connectivity index (χ2n) is 4.52. The van der Waals surface area contributed by atoms with Crippen LogP contribution in [-0.4, -0.2) is 17.2 Å². The Kier molecular flexibility index (Phi) is 5.55. The maximum absolute atomic E-state index is 12.8. The normalized spacial score (nSPS) is 11.5. The third-order valence-corrected chi connectivity index (χ3v) is 3.88. The van der Waals surface area contributed by atoms with E-state index in [-0.39, 0.29) is 5.82 Å². The van der Waals surface area contributed by atoms with Crippen LogP contribution in [0.4, 0.5) is 14.9 Å². The number of anilines is 1. The summed E-state index contributed by atoms with van der Waals surface area (Å²) in [7, 11) is 0. The molecular formula is C16H15FN2O2S. The Balaban J connectivity index is 1.85. The molecule has 0 aliphatic heterocycles. The molecule has 114 valence electrons. The molecule has 0 aromatic heterocycles. The van der Waals surface area contributed by atoms with Gasteiger partial charge in [0.05, 0.1) is 5.25 Å². The summed E-state index contributed by atoms with van der Waals surface area (Å²) in [6, 6.07) is 14.1. The Hall–Kier alpha value is -2.34. The summed E-state index contributed by atoms with van der Waals surface area (Å²) in [4.78, 5) is 24.4. The number of urea groups is 1. The minimum atomic E-state index is -0.581. The second-order valence-corrected chi connectivity index (χ2v) is 5.94. The predicted molar refractivity (Wildman–Crippen MR) is 85.3 cm³/mol. The Bertz CT molecular complexity index is 647. The minimum absolute atomic E-state index is 0.330. The van der Waals surface area contributed by atoms with Crippen LogP contribution >= 0.6 is 11.8 Å². The highest BCUT2D eigenvalue weighted by atomic mass is 32.2. The average Bonchev–Trinajstić information content (AvgIpc) is 2.50. The molecule has 4 nitrogen and oxygen atoms in total. The number of carbonyl (C=O) groups excluding carboxylic acids is 2. The van der Waals surface area contributed by atoms with E-state index in [0.29, 0.717) is 5.69 Å². The van der Waals surface area contributed by atoms with Gasteiger partial charge in [-0.2, -0.15) is 0 Å². The van der Waals surface area contributed by atoms with E-state index in [9.17, 15) is 14.0 Å². The number of halogens is 1. The lowest BCUT2D eigenvalue weighted by Gasteiger charge is -2.12. The van der Waals surface area contributed by atoms with Crippen molar-refractivity contribution in [2.75, 3.05) is 5.32 Å². The van der Waals surface area contributed by atoms with E-state index in [1.54, 1.807) is 43.3 Å². The van der Waals surface area contributed by atoms with Crippen molar-refractivity contribution >= 4 is 29.4 Å². The summed E-state index contributed by atoms with van der Waals surface area (Å²) in [5.74, 6) is -0.744. The zero-order chi connectivity index (χ0) is 15.9. The SMILES string of the molecule is CC(Sc1ccc(F)cc1)C(=O)NC(=O)Nc1ccccc1. The molecule has 2 aromatic rings. The van der Waals surface area contributed by atoms with Crippen molar-refractivity contribution in [1.82, 2.24) is 5.32 Å². The Morgan fingerprint density at radius 2 is 1.68 bits per heavy atom. The fourth-order valence-electron chi connectivity index (χ4n) is 1.67. The number of benzene rings is 2. The van der Waals surface area contributed by atoms with Crippen molar-refractivity contribution in [1.29, 1.82) is 0 Å². The maximum atomic E-state index is 12.8. The molecule has 22 heavy (non-hydrogen) atoms. The van der Waals surface area contributed by atoms with Gasteiger partial charge in [-0.3, -0.25) is 10.1 Å². The first-order valence-electron chi connectivity index (χ1n) is 6.64. The number of nitrogens with one attached hydrogen (secondary N) is 2. The number of imide groups is 1. The van der Waals surface area contributed by atoms with Crippen LogP contribution in [0.1, 0.15) is 6.92 Å². The van der Waals surface area contributed by atoms with E-state index in [1.165, 1.54) is 23.9 Å². The van der Waals surface area contributed by atoms with Crippen molar-refractivity contribution in [3.8, 4) is 0 Å². The minimum Gasteiger partial charge on any atom is -0.308 e. The van der Waals surface area contributed by atoms with Crippen molar-refractivity contribution < 1.29 is 14.0 Å². The number of hydrogen-bond donors (Lipinski definition) is 2. The molecule has 2 N–H and O–H groups in total. The van der Waals surface area contributed by atoms with Gasteiger partial charge in [-0.1, -0.05) is 18.2 Å². The molecule has 2 rings (SSSR count). The number of thioether (sulfide) groups is 1. The summed E-state index contributed by atoms with van der Waals surface area (Å²) in [5.41, 5.74) is 0.603. The van der Waals surface area contributed by atoms with Gasteiger partial charge in [0, 0.05) is 10.6 Å². The quantitative estimate of drug-likeness (QED) is 0.846. The van der Waals surface area contributed by atoms with Crippen LogP contribution in [0.5, 0.6) is 0 Å². The highest BCUT2D eigenvalue weighted by Gasteiger charge is 2.17. The third kappa shape index (κ3) is 4.89. The van der Waals surface area contributed by atoms with E-state index < -0.39 is 17.2 Å². The standard InChI is InChI=1S/C16H15FN2O2S/c1-11(22-14-9-7-12(17)8-10-14)15(20)19-16(21)18-13-5-3-2-4-6-13/h2-11H,1H3,(H2,18,19,20,21). The number of amides is 3. The van der Waals surface area contributed by atoms with Crippen LogP contribution < -0.4 is 10.6 Å². The smallest absolute Gasteiger partial charge is 0.308 e. The van der Waals surface area contributed by atoms with Crippen LogP contribution in [0.15, 0.2) is 59.5 Å². The zero-order valence-corrected chi connectivity index (χ0v) is 12.7. The lowest BCUT2D eigenvalue weighted by atomic mass is 10.3. The van der Waals surface area contributed by atoms with Gasteiger partial charge < -0.3 is 5.32 Å². The van der Waals surface area contributed by atoms with Crippen molar-refractivity contribution in [2.24, 2.45) is 0 Å². The summed E-state index contributed by atoms with van der Waals surface area (Å²) in [6.45, 7) is 1.68. The van der Waals surface area contributed by atoms with Crippen LogP contribution in [0.2, 0.25) is 0 Å². The fraction of sp³-hybridized carbons (Fsp3) is 0.125. The highest BCUT2D eigenvalue weighted by molar-refractivity contribution is 8.00. The second kappa shape index (κ2) is 7.61. The predicted octanol–water partition coefficient (Wildman–Crippen LogP) is 3.65. The van der Waals surface area contributed by atoms with Gasteiger partial charge in [-0.25, -0.2) is 9.18 Å². The zero-order valence-electron chi connectivity index (χ0n) is 11.9. The van der Waals surface area contributed by atoms with Crippen molar-refractivity contribution in [3.63, 3.8) is 0 Å². The van der Waals surface area contributed by atoms with Gasteiger partial charge in [0.25, 0.3) is 0 Å². The largest absolute Gasteiger partial charge is 0.325 e. The first-order valence-corrected chi connectivity index (χ1v) is 7.51. The van der Waals surface area contributed by atoms with Gasteiger partial charge >= 0.3 is 6.03 Å². The topological polar surface area (TPSA) is 58.2 Å². The number of hydrogen-bond acceptors (Lipinski definition) is 3. The Morgan fingerprint density at radius 3 is 2.32 bits per heavy atom. The first-order chi connectivity index (χ1) is 10.5. The molecule has 0 fully saturated rings. The lowest BCUT2D eigenvalue weighted by Crippen LogP contribution is -2.38. The van der Waals surface area contributed by atoms with Gasteiger partial charge in [0.1, 0.15) is 5.82 Å². The molecule has 3 amide bonds. The molecule has 0 aliphatic carbocycles. The van der Waals surface area contributed by atoms with E-state index in [4.69, 9.17) is 0 Å². The van der Waals surface area contributed by atoms with Gasteiger partial charge in [-0.15, -0.1) is 11.8 Å². The molecule has 0 radical (unpaired) electrons. The molecule has 0 spiro atoms.